The summed E-state index contributed by atoms with van der Waals surface area (Å²) >= 11 is 0. The molecule has 0 aliphatic heterocycles. The molecule has 1 aliphatic carbocycles. The molecule has 1 unspecified atom stereocenters. The van der Waals surface area contributed by atoms with E-state index in [1.165, 1.54) is 25.7 Å². The van der Waals surface area contributed by atoms with E-state index in [2.05, 4.69) is 24.1 Å². The standard InChI is InChI=1S/C16H32N2O2/c1-13(2)12-18(14-8-5-6-9-14)11-7-10-16(3,17-4)15(19)20/h13-14,17H,5-12H2,1-4H3,(H,19,20). The van der Waals surface area contributed by atoms with E-state index in [9.17, 15) is 9.90 Å². The second-order valence-electron chi connectivity index (χ2n) is 6.82. The normalized spacial score (nSPS) is 19.7. The van der Waals surface area contributed by atoms with E-state index >= 15 is 0 Å². The van der Waals surface area contributed by atoms with Crippen molar-refractivity contribution in [3.63, 3.8) is 0 Å². The molecular weight excluding hydrogens is 252 g/mol. The third-order valence-electron chi connectivity index (χ3n) is 4.59. The molecule has 1 rings (SSSR count). The van der Waals surface area contributed by atoms with Gasteiger partial charge in [0.25, 0.3) is 0 Å². The van der Waals surface area contributed by atoms with Crippen molar-refractivity contribution in [2.24, 2.45) is 5.92 Å². The van der Waals surface area contributed by atoms with Gasteiger partial charge in [-0.05, 0) is 52.1 Å². The van der Waals surface area contributed by atoms with Crippen LogP contribution in [0.1, 0.15) is 59.3 Å². The second-order valence-corrected chi connectivity index (χ2v) is 6.82. The average molecular weight is 284 g/mol. The lowest BCUT2D eigenvalue weighted by Crippen LogP contribution is -2.48. The van der Waals surface area contributed by atoms with Crippen LogP contribution in [0.3, 0.4) is 0 Å². The molecule has 0 radical (unpaired) electrons. The lowest BCUT2D eigenvalue weighted by atomic mass is 9.95. The van der Waals surface area contributed by atoms with Crippen LogP contribution in [0.25, 0.3) is 0 Å². The molecule has 1 saturated carbocycles. The number of carboxylic acid groups (broad SMARTS) is 1. The molecule has 118 valence electrons. The first-order valence-corrected chi connectivity index (χ1v) is 8.05. The van der Waals surface area contributed by atoms with Crippen molar-refractivity contribution >= 4 is 5.97 Å². The molecule has 1 fully saturated rings. The average Bonchev–Trinajstić information content (AvgIpc) is 2.90. The maximum Gasteiger partial charge on any atom is 0.323 e. The zero-order valence-corrected chi connectivity index (χ0v) is 13.6. The van der Waals surface area contributed by atoms with Crippen molar-refractivity contribution < 1.29 is 9.90 Å². The highest BCUT2D eigenvalue weighted by Gasteiger charge is 2.31. The molecule has 0 saturated heterocycles. The van der Waals surface area contributed by atoms with Crippen molar-refractivity contribution in [2.75, 3.05) is 20.1 Å². The molecule has 0 heterocycles. The van der Waals surface area contributed by atoms with Gasteiger partial charge in [0.05, 0.1) is 0 Å². The summed E-state index contributed by atoms with van der Waals surface area (Å²) in [7, 11) is 1.73. The smallest absolute Gasteiger partial charge is 0.323 e. The first-order chi connectivity index (χ1) is 9.39. The molecule has 0 aromatic rings. The van der Waals surface area contributed by atoms with Crippen molar-refractivity contribution in [3.05, 3.63) is 0 Å². The largest absolute Gasteiger partial charge is 0.480 e. The number of likely N-dealkylation sites (N-methyl/N-ethyl adjacent to an activating group) is 1. The Labute approximate surface area is 123 Å². The lowest BCUT2D eigenvalue weighted by molar-refractivity contribution is -0.144. The fraction of sp³-hybridized carbons (Fsp3) is 0.938. The number of hydrogen-bond acceptors (Lipinski definition) is 3. The van der Waals surface area contributed by atoms with Crippen molar-refractivity contribution in [1.29, 1.82) is 0 Å². The van der Waals surface area contributed by atoms with Crippen molar-refractivity contribution in [3.8, 4) is 0 Å². The highest BCUT2D eigenvalue weighted by Crippen LogP contribution is 2.25. The van der Waals surface area contributed by atoms with Crippen LogP contribution in [0.4, 0.5) is 0 Å². The summed E-state index contributed by atoms with van der Waals surface area (Å²) in [6.45, 7) is 8.45. The minimum absolute atomic E-state index is 0.672. The van der Waals surface area contributed by atoms with E-state index in [0.29, 0.717) is 12.3 Å². The number of carboxylic acids is 1. The summed E-state index contributed by atoms with van der Waals surface area (Å²) in [4.78, 5) is 13.9. The fourth-order valence-corrected chi connectivity index (χ4v) is 3.14. The quantitative estimate of drug-likeness (QED) is 0.683. The van der Waals surface area contributed by atoms with Crippen LogP contribution < -0.4 is 5.32 Å². The van der Waals surface area contributed by atoms with Crippen molar-refractivity contribution in [2.45, 2.75) is 70.9 Å². The number of aliphatic carboxylic acids is 1. The van der Waals surface area contributed by atoms with E-state index in [-0.39, 0.29) is 0 Å². The topological polar surface area (TPSA) is 52.6 Å². The Hall–Kier alpha value is -0.610. The Morgan fingerprint density at radius 2 is 2.00 bits per heavy atom. The molecule has 0 aromatic heterocycles. The van der Waals surface area contributed by atoms with Crippen LogP contribution in [0.5, 0.6) is 0 Å². The summed E-state index contributed by atoms with van der Waals surface area (Å²) in [6, 6.07) is 0.725. The van der Waals surface area contributed by atoms with Gasteiger partial charge in [-0.25, -0.2) is 0 Å². The number of rotatable bonds is 9. The van der Waals surface area contributed by atoms with Gasteiger partial charge < -0.3 is 15.3 Å². The van der Waals surface area contributed by atoms with Crippen LogP contribution in [-0.2, 0) is 4.79 Å². The molecular formula is C16H32N2O2. The first kappa shape index (κ1) is 17.4. The molecule has 20 heavy (non-hydrogen) atoms. The maximum atomic E-state index is 11.3. The van der Waals surface area contributed by atoms with Gasteiger partial charge in [0.1, 0.15) is 5.54 Å². The Bertz CT molecular complexity index is 301. The molecule has 2 N–H and O–H groups in total. The van der Waals surface area contributed by atoms with Crippen LogP contribution in [0, 0.1) is 5.92 Å². The summed E-state index contributed by atoms with van der Waals surface area (Å²) in [5.41, 5.74) is -0.792. The molecule has 4 heteroatoms. The van der Waals surface area contributed by atoms with Gasteiger partial charge in [-0.1, -0.05) is 26.7 Å². The zero-order valence-electron chi connectivity index (χ0n) is 13.6. The SMILES string of the molecule is CNC(C)(CCCN(CC(C)C)C1CCCC1)C(=O)O. The lowest BCUT2D eigenvalue weighted by Gasteiger charge is -2.32. The Morgan fingerprint density at radius 3 is 2.45 bits per heavy atom. The van der Waals surface area contributed by atoms with Crippen LogP contribution >= 0.6 is 0 Å². The number of nitrogens with zero attached hydrogens (tertiary/aromatic N) is 1. The van der Waals surface area contributed by atoms with Gasteiger partial charge >= 0.3 is 5.97 Å². The number of hydrogen-bond donors (Lipinski definition) is 2. The Balaban J connectivity index is 2.47. The third kappa shape index (κ3) is 5.06. The van der Waals surface area contributed by atoms with Gasteiger partial charge in [0, 0.05) is 12.6 Å². The molecule has 4 nitrogen and oxygen atoms in total. The summed E-state index contributed by atoms with van der Waals surface area (Å²) < 4.78 is 0. The summed E-state index contributed by atoms with van der Waals surface area (Å²) in [6.07, 6.45) is 6.95. The molecule has 1 aliphatic rings. The van der Waals surface area contributed by atoms with E-state index in [4.69, 9.17) is 0 Å². The minimum atomic E-state index is -0.792. The van der Waals surface area contributed by atoms with E-state index in [1.807, 2.05) is 0 Å². The maximum absolute atomic E-state index is 11.3. The van der Waals surface area contributed by atoms with Gasteiger partial charge in [-0.2, -0.15) is 0 Å². The predicted molar refractivity (Wildman–Crippen MR) is 83.0 cm³/mol. The molecule has 0 spiro atoms. The summed E-state index contributed by atoms with van der Waals surface area (Å²) in [5.74, 6) is -0.0815. The highest BCUT2D eigenvalue weighted by atomic mass is 16.4. The van der Waals surface area contributed by atoms with E-state index in [0.717, 1.165) is 25.6 Å². The third-order valence-corrected chi connectivity index (χ3v) is 4.59. The van der Waals surface area contributed by atoms with Gasteiger partial charge in [-0.15, -0.1) is 0 Å². The minimum Gasteiger partial charge on any atom is -0.480 e. The fourth-order valence-electron chi connectivity index (χ4n) is 3.14. The van der Waals surface area contributed by atoms with Gasteiger partial charge in [-0.3, -0.25) is 4.79 Å². The Kier molecular flexibility index (Phi) is 6.96. The van der Waals surface area contributed by atoms with E-state index < -0.39 is 11.5 Å². The number of carbonyl (C=O) groups is 1. The predicted octanol–water partition coefficient (Wildman–Crippen LogP) is 2.73. The van der Waals surface area contributed by atoms with Crippen LogP contribution in [0.2, 0.25) is 0 Å². The molecule has 0 amide bonds. The molecule has 0 bridgehead atoms. The van der Waals surface area contributed by atoms with Gasteiger partial charge in [0.15, 0.2) is 0 Å². The number of nitrogens with one attached hydrogen (secondary N) is 1. The van der Waals surface area contributed by atoms with Gasteiger partial charge in [0.2, 0.25) is 0 Å². The second kappa shape index (κ2) is 7.99. The van der Waals surface area contributed by atoms with Crippen molar-refractivity contribution in [1.82, 2.24) is 10.2 Å². The molecule has 0 aromatic carbocycles. The highest BCUT2D eigenvalue weighted by molar-refractivity contribution is 5.78. The van der Waals surface area contributed by atoms with Crippen LogP contribution in [-0.4, -0.2) is 47.7 Å². The van der Waals surface area contributed by atoms with Crippen LogP contribution in [0.15, 0.2) is 0 Å². The first-order valence-electron chi connectivity index (χ1n) is 8.05. The van der Waals surface area contributed by atoms with E-state index in [1.54, 1.807) is 14.0 Å². The zero-order chi connectivity index (χ0) is 15.2. The molecule has 1 atom stereocenters. The Morgan fingerprint density at radius 1 is 1.40 bits per heavy atom. The summed E-state index contributed by atoms with van der Waals surface area (Å²) in [5, 5.41) is 12.2. The monoisotopic (exact) mass is 284 g/mol.